The van der Waals surface area contributed by atoms with Gasteiger partial charge in [0.15, 0.2) is 0 Å². The lowest BCUT2D eigenvalue weighted by Crippen LogP contribution is -2.21. The molecule has 1 heterocycles. The second-order valence-corrected chi connectivity index (χ2v) is 3.93. The van der Waals surface area contributed by atoms with Crippen molar-refractivity contribution in [1.82, 2.24) is 10.3 Å². The molecule has 0 aromatic carbocycles. The summed E-state index contributed by atoms with van der Waals surface area (Å²) in [4.78, 5) is 4.36. The molecule has 0 aliphatic rings. The molecule has 13 heavy (non-hydrogen) atoms. The van der Waals surface area contributed by atoms with Crippen LogP contribution >= 0.6 is 11.6 Å². The lowest BCUT2D eigenvalue weighted by atomic mass is 10.3. The Morgan fingerprint density at radius 1 is 1.54 bits per heavy atom. The maximum Gasteiger partial charge on any atom is 0.0544 e. The molecule has 0 radical (unpaired) electrons. The van der Waals surface area contributed by atoms with Crippen LogP contribution < -0.4 is 5.32 Å². The highest BCUT2D eigenvalue weighted by molar-refractivity contribution is 6.20. The standard InChI is InChI=1S/C10H15ClN2/c1-8(11)6-12-7-10-5-3-4-9(2)13-10/h3-5,8,12H,6-7H2,1-2H3. The van der Waals surface area contributed by atoms with E-state index in [0.717, 1.165) is 24.5 Å². The lowest BCUT2D eigenvalue weighted by molar-refractivity contribution is 0.667. The molecule has 72 valence electrons. The van der Waals surface area contributed by atoms with Crippen molar-refractivity contribution in [3.63, 3.8) is 0 Å². The number of aromatic nitrogens is 1. The monoisotopic (exact) mass is 198 g/mol. The van der Waals surface area contributed by atoms with Crippen LogP contribution in [-0.4, -0.2) is 16.9 Å². The van der Waals surface area contributed by atoms with Crippen molar-refractivity contribution in [3.05, 3.63) is 29.6 Å². The second-order valence-electron chi connectivity index (χ2n) is 3.18. The molecule has 0 spiro atoms. The molecule has 0 aliphatic heterocycles. The van der Waals surface area contributed by atoms with E-state index >= 15 is 0 Å². The van der Waals surface area contributed by atoms with E-state index in [2.05, 4.69) is 10.3 Å². The van der Waals surface area contributed by atoms with Gasteiger partial charge in [-0.2, -0.15) is 0 Å². The van der Waals surface area contributed by atoms with Gasteiger partial charge >= 0.3 is 0 Å². The van der Waals surface area contributed by atoms with Gasteiger partial charge in [-0.05, 0) is 26.0 Å². The summed E-state index contributed by atoms with van der Waals surface area (Å²) in [6.07, 6.45) is 0. The number of aryl methyl sites for hydroxylation is 1. The van der Waals surface area contributed by atoms with Crippen LogP contribution in [0.15, 0.2) is 18.2 Å². The van der Waals surface area contributed by atoms with Gasteiger partial charge in [-0.1, -0.05) is 6.07 Å². The van der Waals surface area contributed by atoms with Crippen molar-refractivity contribution < 1.29 is 0 Å². The van der Waals surface area contributed by atoms with Crippen LogP contribution in [-0.2, 0) is 6.54 Å². The maximum atomic E-state index is 5.79. The van der Waals surface area contributed by atoms with Crippen LogP contribution in [0.2, 0.25) is 0 Å². The molecule has 0 amide bonds. The Hall–Kier alpha value is -0.600. The molecule has 1 atom stereocenters. The fourth-order valence-electron chi connectivity index (χ4n) is 1.10. The van der Waals surface area contributed by atoms with Crippen LogP contribution in [0.25, 0.3) is 0 Å². The van der Waals surface area contributed by atoms with Crippen LogP contribution in [0.3, 0.4) is 0 Å². The van der Waals surface area contributed by atoms with Gasteiger partial charge in [0, 0.05) is 24.2 Å². The molecule has 1 N–H and O–H groups in total. The Bertz CT molecular complexity index is 261. The van der Waals surface area contributed by atoms with Crippen molar-refractivity contribution in [3.8, 4) is 0 Å². The number of rotatable bonds is 4. The molecule has 0 saturated carbocycles. The topological polar surface area (TPSA) is 24.9 Å². The summed E-state index contributed by atoms with van der Waals surface area (Å²) in [7, 11) is 0. The molecular formula is C10H15ClN2. The molecule has 0 saturated heterocycles. The van der Waals surface area contributed by atoms with E-state index in [-0.39, 0.29) is 5.38 Å². The van der Waals surface area contributed by atoms with E-state index in [1.165, 1.54) is 0 Å². The Labute approximate surface area is 84.3 Å². The summed E-state index contributed by atoms with van der Waals surface area (Å²) in [5.74, 6) is 0. The highest BCUT2D eigenvalue weighted by atomic mass is 35.5. The van der Waals surface area contributed by atoms with Gasteiger partial charge in [0.1, 0.15) is 0 Å². The summed E-state index contributed by atoms with van der Waals surface area (Å²) in [5, 5.41) is 3.41. The van der Waals surface area contributed by atoms with E-state index < -0.39 is 0 Å². The van der Waals surface area contributed by atoms with Crippen molar-refractivity contribution >= 4 is 11.6 Å². The number of halogens is 1. The quantitative estimate of drug-likeness (QED) is 0.750. The smallest absolute Gasteiger partial charge is 0.0544 e. The average molecular weight is 199 g/mol. The average Bonchev–Trinajstić information content (AvgIpc) is 2.03. The normalized spacial score (nSPS) is 12.8. The molecule has 1 rings (SSSR count). The highest BCUT2D eigenvalue weighted by Gasteiger charge is 1.97. The maximum absolute atomic E-state index is 5.79. The number of nitrogens with one attached hydrogen (secondary N) is 1. The summed E-state index contributed by atoms with van der Waals surface area (Å²) < 4.78 is 0. The molecule has 1 aromatic heterocycles. The molecular weight excluding hydrogens is 184 g/mol. The van der Waals surface area contributed by atoms with Gasteiger partial charge < -0.3 is 5.32 Å². The van der Waals surface area contributed by atoms with Crippen LogP contribution in [0.4, 0.5) is 0 Å². The predicted molar refractivity (Wildman–Crippen MR) is 56.0 cm³/mol. The Morgan fingerprint density at radius 3 is 2.92 bits per heavy atom. The van der Waals surface area contributed by atoms with E-state index in [1.807, 2.05) is 32.0 Å². The fourth-order valence-corrected chi connectivity index (χ4v) is 1.21. The van der Waals surface area contributed by atoms with Gasteiger partial charge in [-0.15, -0.1) is 11.6 Å². The minimum absolute atomic E-state index is 0.171. The third-order valence-corrected chi connectivity index (χ3v) is 1.83. The van der Waals surface area contributed by atoms with Crippen molar-refractivity contribution in [1.29, 1.82) is 0 Å². The molecule has 1 unspecified atom stereocenters. The number of nitrogens with zero attached hydrogens (tertiary/aromatic N) is 1. The van der Waals surface area contributed by atoms with Crippen LogP contribution in [0, 0.1) is 6.92 Å². The van der Waals surface area contributed by atoms with Crippen molar-refractivity contribution in [2.24, 2.45) is 0 Å². The lowest BCUT2D eigenvalue weighted by Gasteiger charge is -2.05. The molecule has 0 bridgehead atoms. The number of hydrogen-bond acceptors (Lipinski definition) is 2. The van der Waals surface area contributed by atoms with Crippen molar-refractivity contribution in [2.75, 3.05) is 6.54 Å². The first kappa shape index (κ1) is 10.5. The van der Waals surface area contributed by atoms with E-state index in [1.54, 1.807) is 0 Å². The fraction of sp³-hybridized carbons (Fsp3) is 0.500. The zero-order valence-corrected chi connectivity index (χ0v) is 8.80. The highest BCUT2D eigenvalue weighted by Crippen LogP contribution is 1.98. The number of hydrogen-bond donors (Lipinski definition) is 1. The first-order chi connectivity index (χ1) is 6.18. The molecule has 2 nitrogen and oxygen atoms in total. The number of pyridine rings is 1. The van der Waals surface area contributed by atoms with E-state index in [9.17, 15) is 0 Å². The molecule has 0 fully saturated rings. The van der Waals surface area contributed by atoms with Gasteiger partial charge in [-0.25, -0.2) is 0 Å². The van der Waals surface area contributed by atoms with Gasteiger partial charge in [0.2, 0.25) is 0 Å². The van der Waals surface area contributed by atoms with Crippen LogP contribution in [0.1, 0.15) is 18.3 Å². The summed E-state index contributed by atoms with van der Waals surface area (Å²) >= 11 is 5.79. The SMILES string of the molecule is Cc1cccc(CNCC(C)Cl)n1. The molecule has 0 aliphatic carbocycles. The zero-order chi connectivity index (χ0) is 9.68. The first-order valence-corrected chi connectivity index (χ1v) is 4.89. The summed E-state index contributed by atoms with van der Waals surface area (Å²) in [6.45, 7) is 5.57. The Balaban J connectivity index is 2.37. The second kappa shape index (κ2) is 5.20. The predicted octanol–water partition coefficient (Wildman–Crippen LogP) is 2.11. The van der Waals surface area contributed by atoms with Gasteiger partial charge in [-0.3, -0.25) is 4.98 Å². The summed E-state index contributed by atoms with van der Waals surface area (Å²) in [6, 6.07) is 6.02. The summed E-state index contributed by atoms with van der Waals surface area (Å²) in [5.41, 5.74) is 2.12. The minimum atomic E-state index is 0.171. The molecule has 1 aromatic rings. The largest absolute Gasteiger partial charge is 0.310 e. The van der Waals surface area contributed by atoms with Crippen molar-refractivity contribution in [2.45, 2.75) is 25.8 Å². The van der Waals surface area contributed by atoms with Gasteiger partial charge in [0.25, 0.3) is 0 Å². The third kappa shape index (κ3) is 4.25. The van der Waals surface area contributed by atoms with Gasteiger partial charge in [0.05, 0.1) is 5.69 Å². The van der Waals surface area contributed by atoms with E-state index in [4.69, 9.17) is 11.6 Å². The first-order valence-electron chi connectivity index (χ1n) is 4.46. The van der Waals surface area contributed by atoms with E-state index in [0.29, 0.717) is 0 Å². The van der Waals surface area contributed by atoms with Crippen LogP contribution in [0.5, 0.6) is 0 Å². The third-order valence-electron chi connectivity index (χ3n) is 1.68. The molecule has 3 heteroatoms. The Morgan fingerprint density at radius 2 is 2.31 bits per heavy atom. The Kier molecular flexibility index (Phi) is 4.19. The zero-order valence-electron chi connectivity index (χ0n) is 8.05. The minimum Gasteiger partial charge on any atom is -0.310 e. The number of alkyl halides is 1.